The van der Waals surface area contributed by atoms with E-state index >= 15 is 0 Å². The number of carbonyl (C=O) groups is 1. The Morgan fingerprint density at radius 3 is 2.48 bits per heavy atom. The number of aryl methyl sites for hydroxylation is 3. The lowest BCUT2D eigenvalue weighted by Gasteiger charge is -2.20. The van der Waals surface area contributed by atoms with E-state index in [-0.39, 0.29) is 0 Å². The number of amides is 1. The van der Waals surface area contributed by atoms with Crippen molar-refractivity contribution in [3.63, 3.8) is 0 Å². The molecule has 0 aliphatic rings. The van der Waals surface area contributed by atoms with Crippen molar-refractivity contribution in [1.29, 1.82) is 0 Å². The average Bonchev–Trinajstić information content (AvgIpc) is 2.71. The Labute approximate surface area is 149 Å². The van der Waals surface area contributed by atoms with Crippen LogP contribution in [-0.2, 0) is 18.3 Å². The highest BCUT2D eigenvalue weighted by Gasteiger charge is 2.16. The zero-order valence-corrected chi connectivity index (χ0v) is 16.2. The van der Waals surface area contributed by atoms with Crippen LogP contribution in [-0.4, -0.2) is 21.5 Å². The van der Waals surface area contributed by atoms with Gasteiger partial charge in [-0.3, -0.25) is 10.00 Å². The second-order valence-electron chi connectivity index (χ2n) is 7.28. The van der Waals surface area contributed by atoms with Gasteiger partial charge in [-0.15, -0.1) is 0 Å². The van der Waals surface area contributed by atoms with Crippen LogP contribution in [0.4, 0.5) is 16.2 Å². The summed E-state index contributed by atoms with van der Waals surface area (Å²) in [6.45, 7) is 12.3. The summed E-state index contributed by atoms with van der Waals surface area (Å²) in [7, 11) is 1.95. The fourth-order valence-corrected chi connectivity index (χ4v) is 2.57. The molecule has 1 heterocycles. The van der Waals surface area contributed by atoms with Crippen LogP contribution in [0.2, 0.25) is 0 Å². The second kappa shape index (κ2) is 7.17. The van der Waals surface area contributed by atoms with Crippen LogP contribution in [0.25, 0.3) is 0 Å². The Hall–Kier alpha value is -2.50. The monoisotopic (exact) mass is 344 g/mol. The minimum atomic E-state index is -0.523. The molecule has 2 aromatic rings. The van der Waals surface area contributed by atoms with Crippen molar-refractivity contribution in [2.75, 3.05) is 10.6 Å². The van der Waals surface area contributed by atoms with Crippen LogP contribution in [0.3, 0.4) is 0 Å². The predicted molar refractivity (Wildman–Crippen MR) is 101 cm³/mol. The highest BCUT2D eigenvalue weighted by molar-refractivity contribution is 5.85. The first-order valence-corrected chi connectivity index (χ1v) is 8.40. The number of anilines is 2. The molecule has 6 heteroatoms. The van der Waals surface area contributed by atoms with Crippen LogP contribution in [0.1, 0.15) is 43.3 Å². The van der Waals surface area contributed by atoms with Crippen molar-refractivity contribution >= 4 is 17.5 Å². The first-order chi connectivity index (χ1) is 11.6. The lowest BCUT2D eigenvalue weighted by molar-refractivity contribution is 0.0636. The Bertz CT molecular complexity index is 772. The van der Waals surface area contributed by atoms with Gasteiger partial charge in [-0.25, -0.2) is 4.79 Å². The average molecular weight is 344 g/mol. The lowest BCUT2D eigenvalue weighted by atomic mass is 10.1. The van der Waals surface area contributed by atoms with Gasteiger partial charge in [-0.2, -0.15) is 5.10 Å². The van der Waals surface area contributed by atoms with E-state index in [0.717, 1.165) is 22.6 Å². The fourth-order valence-electron chi connectivity index (χ4n) is 2.57. The number of aromatic nitrogens is 2. The number of carbonyl (C=O) groups excluding carboxylic acids is 1. The smallest absolute Gasteiger partial charge is 0.412 e. The number of hydrogen-bond acceptors (Lipinski definition) is 4. The third kappa shape index (κ3) is 4.98. The van der Waals surface area contributed by atoms with Crippen molar-refractivity contribution in [3.8, 4) is 0 Å². The van der Waals surface area contributed by atoms with Crippen molar-refractivity contribution in [3.05, 3.63) is 40.7 Å². The molecule has 0 saturated heterocycles. The molecule has 0 unspecified atom stereocenters. The van der Waals surface area contributed by atoms with E-state index in [2.05, 4.69) is 22.7 Å². The molecule has 2 rings (SSSR count). The maximum absolute atomic E-state index is 11.9. The van der Waals surface area contributed by atoms with Gasteiger partial charge in [-0.05, 0) is 59.2 Å². The first-order valence-electron chi connectivity index (χ1n) is 8.40. The molecule has 0 spiro atoms. The van der Waals surface area contributed by atoms with E-state index in [4.69, 9.17) is 4.74 Å². The lowest BCUT2D eigenvalue weighted by Crippen LogP contribution is -2.27. The summed E-state index contributed by atoms with van der Waals surface area (Å²) in [5.41, 5.74) is 5.60. The first kappa shape index (κ1) is 18.8. The van der Waals surface area contributed by atoms with Crippen molar-refractivity contribution in [1.82, 2.24) is 9.78 Å². The Kier molecular flexibility index (Phi) is 5.40. The summed E-state index contributed by atoms with van der Waals surface area (Å²) in [5, 5.41) is 10.7. The summed E-state index contributed by atoms with van der Waals surface area (Å²) in [5.74, 6) is 0. The van der Waals surface area contributed by atoms with Gasteiger partial charge in [0.1, 0.15) is 5.60 Å². The fraction of sp³-hybridized carbons (Fsp3) is 0.474. The molecule has 0 fully saturated rings. The largest absolute Gasteiger partial charge is 0.444 e. The molecule has 0 bridgehead atoms. The Balaban J connectivity index is 2.10. The third-order valence-corrected chi connectivity index (χ3v) is 4.00. The van der Waals surface area contributed by atoms with Crippen LogP contribution in [0.5, 0.6) is 0 Å². The molecular formula is C19H28N4O2. The van der Waals surface area contributed by atoms with Crippen LogP contribution in [0, 0.1) is 20.8 Å². The highest BCUT2D eigenvalue weighted by Crippen LogP contribution is 2.23. The second-order valence-corrected chi connectivity index (χ2v) is 7.28. The molecule has 1 amide bonds. The van der Waals surface area contributed by atoms with E-state index < -0.39 is 11.7 Å². The van der Waals surface area contributed by atoms with Crippen LogP contribution < -0.4 is 10.6 Å². The number of ether oxygens (including phenoxy) is 1. The van der Waals surface area contributed by atoms with Gasteiger partial charge in [0.05, 0.1) is 5.69 Å². The minimum Gasteiger partial charge on any atom is -0.444 e. The molecule has 1 aromatic heterocycles. The third-order valence-electron chi connectivity index (χ3n) is 4.00. The summed E-state index contributed by atoms with van der Waals surface area (Å²) in [4.78, 5) is 11.9. The Morgan fingerprint density at radius 2 is 1.92 bits per heavy atom. The quantitative estimate of drug-likeness (QED) is 0.867. The Morgan fingerprint density at radius 1 is 1.24 bits per heavy atom. The standard InChI is InChI=1S/C19H28N4O2/c1-12-8-9-15(21-18(24)25-19(4,5)6)10-17(12)20-11-16-13(2)22-23(7)14(16)3/h8-10,20H,11H2,1-7H3,(H,21,24). The summed E-state index contributed by atoms with van der Waals surface area (Å²) < 4.78 is 7.18. The normalized spacial score (nSPS) is 11.3. The summed E-state index contributed by atoms with van der Waals surface area (Å²) in [6, 6.07) is 5.75. The molecule has 25 heavy (non-hydrogen) atoms. The molecule has 0 saturated carbocycles. The maximum Gasteiger partial charge on any atom is 0.412 e. The van der Waals surface area contributed by atoms with E-state index in [0.29, 0.717) is 12.2 Å². The minimum absolute atomic E-state index is 0.457. The number of rotatable bonds is 4. The summed E-state index contributed by atoms with van der Waals surface area (Å²) >= 11 is 0. The topological polar surface area (TPSA) is 68.2 Å². The molecule has 0 radical (unpaired) electrons. The zero-order valence-electron chi connectivity index (χ0n) is 16.2. The van der Waals surface area contributed by atoms with Gasteiger partial charge >= 0.3 is 6.09 Å². The highest BCUT2D eigenvalue weighted by atomic mass is 16.6. The number of hydrogen-bond donors (Lipinski definition) is 2. The molecule has 0 atom stereocenters. The number of benzene rings is 1. The van der Waals surface area contributed by atoms with Gasteiger partial charge in [0, 0.05) is 36.2 Å². The molecule has 6 nitrogen and oxygen atoms in total. The van der Waals surface area contributed by atoms with Gasteiger partial charge in [0.2, 0.25) is 0 Å². The van der Waals surface area contributed by atoms with Gasteiger partial charge < -0.3 is 10.1 Å². The van der Waals surface area contributed by atoms with Crippen molar-refractivity contribution in [2.45, 2.75) is 53.7 Å². The van der Waals surface area contributed by atoms with Gasteiger partial charge in [0.15, 0.2) is 0 Å². The van der Waals surface area contributed by atoms with Crippen LogP contribution >= 0.6 is 0 Å². The number of nitrogens with one attached hydrogen (secondary N) is 2. The molecule has 0 aliphatic heterocycles. The van der Waals surface area contributed by atoms with E-state index in [9.17, 15) is 4.79 Å². The molecule has 2 N–H and O–H groups in total. The maximum atomic E-state index is 11.9. The molecule has 0 aliphatic carbocycles. The van der Waals surface area contributed by atoms with Gasteiger partial charge in [-0.1, -0.05) is 6.07 Å². The zero-order chi connectivity index (χ0) is 18.8. The predicted octanol–water partition coefficient (Wildman–Crippen LogP) is 4.30. The van der Waals surface area contributed by atoms with E-state index in [1.165, 1.54) is 5.56 Å². The SMILES string of the molecule is Cc1ccc(NC(=O)OC(C)(C)C)cc1NCc1c(C)nn(C)c1C. The molecule has 1 aromatic carbocycles. The summed E-state index contributed by atoms with van der Waals surface area (Å²) in [6.07, 6.45) is -0.457. The number of nitrogens with zero attached hydrogens (tertiary/aromatic N) is 2. The van der Waals surface area contributed by atoms with E-state index in [1.807, 2.05) is 64.5 Å². The molecule has 136 valence electrons. The van der Waals surface area contributed by atoms with Crippen molar-refractivity contribution in [2.24, 2.45) is 7.05 Å². The van der Waals surface area contributed by atoms with Crippen LogP contribution in [0.15, 0.2) is 18.2 Å². The van der Waals surface area contributed by atoms with Crippen molar-refractivity contribution < 1.29 is 9.53 Å². The van der Waals surface area contributed by atoms with Gasteiger partial charge in [0.25, 0.3) is 0 Å². The molecular weight excluding hydrogens is 316 g/mol. The van der Waals surface area contributed by atoms with E-state index in [1.54, 1.807) is 0 Å².